The highest BCUT2D eigenvalue weighted by molar-refractivity contribution is 5.95. The van der Waals surface area contributed by atoms with Gasteiger partial charge in [0.15, 0.2) is 0 Å². The van der Waals surface area contributed by atoms with Crippen molar-refractivity contribution in [2.45, 2.75) is 31.8 Å². The summed E-state index contributed by atoms with van der Waals surface area (Å²) in [6.07, 6.45) is 5.94. The van der Waals surface area contributed by atoms with Crippen LogP contribution in [0.3, 0.4) is 0 Å². The van der Waals surface area contributed by atoms with Crippen molar-refractivity contribution in [1.29, 1.82) is 0 Å². The Morgan fingerprint density at radius 2 is 2.00 bits per heavy atom. The molecule has 4 heteroatoms. The first-order chi connectivity index (χ1) is 9.44. The smallest absolute Gasteiger partial charge is 0.247 e. The number of nitrogens with one attached hydrogen (secondary N) is 1. The van der Waals surface area contributed by atoms with Gasteiger partial charge in [-0.15, -0.1) is 6.42 Å². The molecule has 1 aliphatic rings. The lowest BCUT2D eigenvalue weighted by atomic mass is 9.97. The number of rotatable bonds is 3. The number of hydrogen-bond donors (Lipinski definition) is 1. The number of carbonyl (C=O) groups is 2. The molecule has 0 spiro atoms. The standard InChI is InChI=1S/C16H18N2O2/c1-4-16(2,3)18-11-14(19)17-13(15(18)20)10-12-8-6-5-7-9-12/h1,5-9,13H,10-11H2,2-3H3,(H,17,19). The molecule has 0 aliphatic carbocycles. The van der Waals surface area contributed by atoms with Crippen molar-refractivity contribution in [3.05, 3.63) is 35.9 Å². The number of amides is 2. The molecule has 0 radical (unpaired) electrons. The number of piperazine rings is 1. The molecule has 1 saturated heterocycles. The van der Waals surface area contributed by atoms with E-state index in [9.17, 15) is 9.59 Å². The van der Waals surface area contributed by atoms with Crippen molar-refractivity contribution in [1.82, 2.24) is 10.2 Å². The lowest BCUT2D eigenvalue weighted by Gasteiger charge is -2.40. The molecule has 1 aromatic carbocycles. The maximum atomic E-state index is 12.5. The van der Waals surface area contributed by atoms with E-state index in [4.69, 9.17) is 6.42 Å². The van der Waals surface area contributed by atoms with E-state index in [0.29, 0.717) is 6.42 Å². The van der Waals surface area contributed by atoms with Gasteiger partial charge in [-0.1, -0.05) is 36.3 Å². The summed E-state index contributed by atoms with van der Waals surface area (Å²) in [5.74, 6) is 2.27. The maximum absolute atomic E-state index is 12.5. The fourth-order valence-electron chi connectivity index (χ4n) is 2.25. The lowest BCUT2D eigenvalue weighted by molar-refractivity contribution is -0.147. The van der Waals surface area contributed by atoms with Crippen LogP contribution in [0.2, 0.25) is 0 Å². The number of carbonyl (C=O) groups excluding carboxylic acids is 2. The molecule has 1 N–H and O–H groups in total. The zero-order chi connectivity index (χ0) is 14.8. The van der Waals surface area contributed by atoms with Crippen LogP contribution in [0.5, 0.6) is 0 Å². The van der Waals surface area contributed by atoms with Crippen LogP contribution in [0.4, 0.5) is 0 Å². The normalized spacial score (nSPS) is 19.4. The average molecular weight is 270 g/mol. The highest BCUT2D eigenvalue weighted by Gasteiger charge is 2.39. The SMILES string of the molecule is C#CC(C)(C)N1CC(=O)NC(Cc2ccccc2)C1=O. The van der Waals surface area contributed by atoms with Gasteiger partial charge >= 0.3 is 0 Å². The van der Waals surface area contributed by atoms with Crippen LogP contribution < -0.4 is 5.32 Å². The lowest BCUT2D eigenvalue weighted by Crippen LogP contribution is -2.63. The molecule has 1 aromatic rings. The minimum absolute atomic E-state index is 0.0152. The van der Waals surface area contributed by atoms with Crippen LogP contribution >= 0.6 is 0 Å². The molecule has 4 nitrogen and oxygen atoms in total. The zero-order valence-corrected chi connectivity index (χ0v) is 11.7. The zero-order valence-electron chi connectivity index (χ0n) is 11.7. The number of nitrogens with zero attached hydrogens (tertiary/aromatic N) is 1. The fraction of sp³-hybridized carbons (Fsp3) is 0.375. The molecule has 104 valence electrons. The summed E-state index contributed by atoms with van der Waals surface area (Å²) in [7, 11) is 0. The van der Waals surface area contributed by atoms with Gasteiger partial charge in [0.05, 0.1) is 5.54 Å². The quantitative estimate of drug-likeness (QED) is 0.832. The van der Waals surface area contributed by atoms with Gasteiger partial charge in [-0.3, -0.25) is 9.59 Å². The predicted molar refractivity (Wildman–Crippen MR) is 76.7 cm³/mol. The van der Waals surface area contributed by atoms with Crippen LogP contribution in [0.25, 0.3) is 0 Å². The van der Waals surface area contributed by atoms with Gasteiger partial charge in [0.2, 0.25) is 11.8 Å². The molecule has 2 rings (SSSR count). The fourth-order valence-corrected chi connectivity index (χ4v) is 2.25. The average Bonchev–Trinajstić information content (AvgIpc) is 2.43. The Morgan fingerprint density at radius 3 is 2.60 bits per heavy atom. The van der Waals surface area contributed by atoms with E-state index in [0.717, 1.165) is 5.56 Å². The van der Waals surface area contributed by atoms with E-state index in [1.807, 2.05) is 30.3 Å². The molecule has 2 amide bonds. The first-order valence-electron chi connectivity index (χ1n) is 6.56. The molecule has 0 aromatic heterocycles. The van der Waals surface area contributed by atoms with Gasteiger partial charge in [0.1, 0.15) is 12.6 Å². The molecule has 20 heavy (non-hydrogen) atoms. The Morgan fingerprint density at radius 1 is 1.35 bits per heavy atom. The van der Waals surface area contributed by atoms with Crippen molar-refractivity contribution in [3.8, 4) is 12.3 Å². The van der Waals surface area contributed by atoms with Crippen molar-refractivity contribution in [2.75, 3.05) is 6.54 Å². The number of terminal acetylenes is 1. The second kappa shape index (κ2) is 5.38. The molecule has 0 bridgehead atoms. The van der Waals surface area contributed by atoms with Gasteiger partial charge in [-0.2, -0.15) is 0 Å². The molecule has 1 heterocycles. The van der Waals surface area contributed by atoms with Crippen LogP contribution in [0, 0.1) is 12.3 Å². The van der Waals surface area contributed by atoms with E-state index in [1.54, 1.807) is 13.8 Å². The number of hydrogen-bond acceptors (Lipinski definition) is 2. The largest absolute Gasteiger partial charge is 0.342 e. The minimum Gasteiger partial charge on any atom is -0.342 e. The third-order valence-electron chi connectivity index (χ3n) is 3.51. The van der Waals surface area contributed by atoms with Gasteiger partial charge < -0.3 is 10.2 Å². The van der Waals surface area contributed by atoms with E-state index in [1.165, 1.54) is 4.90 Å². The molecule has 1 fully saturated rings. The number of benzene rings is 1. The predicted octanol–water partition coefficient (Wildman–Crippen LogP) is 0.968. The maximum Gasteiger partial charge on any atom is 0.247 e. The highest BCUT2D eigenvalue weighted by atomic mass is 16.2. The van der Waals surface area contributed by atoms with Crippen molar-refractivity contribution in [3.63, 3.8) is 0 Å². The van der Waals surface area contributed by atoms with Crippen LogP contribution in [0.1, 0.15) is 19.4 Å². The molecule has 1 atom stereocenters. The van der Waals surface area contributed by atoms with Crippen molar-refractivity contribution < 1.29 is 9.59 Å². The molecular weight excluding hydrogens is 252 g/mol. The third kappa shape index (κ3) is 2.83. The summed E-state index contributed by atoms with van der Waals surface area (Å²) >= 11 is 0. The summed E-state index contributed by atoms with van der Waals surface area (Å²) in [6, 6.07) is 9.06. The van der Waals surface area contributed by atoms with Crippen LogP contribution in [-0.2, 0) is 16.0 Å². The summed E-state index contributed by atoms with van der Waals surface area (Å²) in [6.45, 7) is 3.55. The van der Waals surface area contributed by atoms with Gasteiger partial charge in [0.25, 0.3) is 0 Å². The molecule has 0 saturated carbocycles. The van der Waals surface area contributed by atoms with E-state index >= 15 is 0 Å². The van der Waals surface area contributed by atoms with Crippen molar-refractivity contribution >= 4 is 11.8 Å². The first-order valence-corrected chi connectivity index (χ1v) is 6.56. The monoisotopic (exact) mass is 270 g/mol. The van der Waals surface area contributed by atoms with E-state index in [2.05, 4.69) is 11.2 Å². The second-order valence-electron chi connectivity index (χ2n) is 5.44. The second-order valence-corrected chi connectivity index (χ2v) is 5.44. The van der Waals surface area contributed by atoms with Gasteiger partial charge in [0, 0.05) is 6.42 Å². The van der Waals surface area contributed by atoms with E-state index < -0.39 is 11.6 Å². The summed E-state index contributed by atoms with van der Waals surface area (Å²) in [4.78, 5) is 25.8. The minimum atomic E-state index is -0.760. The summed E-state index contributed by atoms with van der Waals surface area (Å²) in [5.41, 5.74) is 0.246. The Bertz CT molecular complexity index is 558. The van der Waals surface area contributed by atoms with Crippen LogP contribution in [-0.4, -0.2) is 34.8 Å². The van der Waals surface area contributed by atoms with Crippen LogP contribution in [0.15, 0.2) is 30.3 Å². The van der Waals surface area contributed by atoms with E-state index in [-0.39, 0.29) is 18.4 Å². The topological polar surface area (TPSA) is 49.4 Å². The Hall–Kier alpha value is -2.28. The third-order valence-corrected chi connectivity index (χ3v) is 3.51. The molecular formula is C16H18N2O2. The Kier molecular flexibility index (Phi) is 3.80. The highest BCUT2D eigenvalue weighted by Crippen LogP contribution is 2.18. The summed E-state index contributed by atoms with van der Waals surface area (Å²) in [5, 5.41) is 2.74. The Labute approximate surface area is 119 Å². The molecule has 1 unspecified atom stereocenters. The van der Waals surface area contributed by atoms with Gasteiger partial charge in [-0.25, -0.2) is 0 Å². The first kappa shape index (κ1) is 14.1. The molecule has 1 aliphatic heterocycles. The van der Waals surface area contributed by atoms with Crippen molar-refractivity contribution in [2.24, 2.45) is 0 Å². The Balaban J connectivity index is 2.20. The van der Waals surface area contributed by atoms with Gasteiger partial charge in [-0.05, 0) is 19.4 Å². The summed E-state index contributed by atoms with van der Waals surface area (Å²) < 4.78 is 0.